The molecular formula is C24H31NO3. The molecule has 4 nitrogen and oxygen atoms in total. The Labute approximate surface area is 168 Å². The second kappa shape index (κ2) is 8.02. The Bertz CT molecular complexity index is 830. The third-order valence-electron chi connectivity index (χ3n) is 5.68. The van der Waals surface area contributed by atoms with Gasteiger partial charge in [0.2, 0.25) is 0 Å². The SMILES string of the molecule is CCCOC(=O)C1=C(CC)N=C2CC(C)(C)CC(=O)C2C1c1ccc(C)cc1. The lowest BCUT2D eigenvalue weighted by molar-refractivity contribution is -0.139. The number of carbonyl (C=O) groups is 2. The summed E-state index contributed by atoms with van der Waals surface area (Å²) in [5.74, 6) is -0.826. The van der Waals surface area contributed by atoms with E-state index in [0.29, 0.717) is 25.0 Å². The fraction of sp³-hybridized carbons (Fsp3) is 0.542. The minimum atomic E-state index is -0.366. The van der Waals surface area contributed by atoms with Gasteiger partial charge in [-0.3, -0.25) is 9.79 Å². The van der Waals surface area contributed by atoms with Crippen molar-refractivity contribution in [3.63, 3.8) is 0 Å². The van der Waals surface area contributed by atoms with Crippen LogP contribution in [0.15, 0.2) is 40.5 Å². The van der Waals surface area contributed by atoms with Crippen LogP contribution in [0.25, 0.3) is 0 Å². The molecule has 1 fully saturated rings. The molecule has 0 N–H and O–H groups in total. The topological polar surface area (TPSA) is 55.7 Å². The van der Waals surface area contributed by atoms with E-state index in [1.165, 1.54) is 0 Å². The van der Waals surface area contributed by atoms with Gasteiger partial charge in [0.05, 0.1) is 23.8 Å². The third-order valence-corrected chi connectivity index (χ3v) is 5.68. The Morgan fingerprint density at radius 1 is 1.14 bits per heavy atom. The number of hydrogen-bond acceptors (Lipinski definition) is 4. The number of aryl methyl sites for hydroxylation is 1. The molecule has 2 aliphatic rings. The van der Waals surface area contributed by atoms with Gasteiger partial charge in [0.15, 0.2) is 0 Å². The molecule has 150 valence electrons. The zero-order valence-electron chi connectivity index (χ0n) is 17.7. The van der Waals surface area contributed by atoms with Crippen molar-refractivity contribution >= 4 is 17.5 Å². The highest BCUT2D eigenvalue weighted by Crippen LogP contribution is 2.47. The lowest BCUT2D eigenvalue weighted by atomic mass is 9.63. The number of fused-ring (bicyclic) bond motifs is 1. The first kappa shape index (κ1) is 20.5. The van der Waals surface area contributed by atoms with Gasteiger partial charge in [-0.05, 0) is 37.2 Å². The molecule has 1 saturated carbocycles. The molecule has 2 unspecified atom stereocenters. The van der Waals surface area contributed by atoms with Crippen molar-refractivity contribution in [2.75, 3.05) is 6.61 Å². The second-order valence-corrected chi connectivity index (χ2v) is 8.80. The summed E-state index contributed by atoms with van der Waals surface area (Å²) in [6.07, 6.45) is 2.70. The van der Waals surface area contributed by atoms with Crippen molar-refractivity contribution in [1.82, 2.24) is 0 Å². The lowest BCUT2D eigenvalue weighted by Gasteiger charge is -2.41. The molecule has 28 heavy (non-hydrogen) atoms. The lowest BCUT2D eigenvalue weighted by Crippen LogP contribution is -2.44. The maximum Gasteiger partial charge on any atom is 0.336 e. The standard InChI is InChI=1S/C24H31NO3/c1-6-12-28-23(27)22-17(7-2)25-18-13-24(4,5)14-19(26)21(18)20(22)16-10-8-15(3)9-11-16/h8-11,20-21H,6-7,12-14H2,1-5H3. The first-order chi connectivity index (χ1) is 13.3. The van der Waals surface area contributed by atoms with E-state index in [0.717, 1.165) is 35.4 Å². The number of ether oxygens (including phenoxy) is 1. The Morgan fingerprint density at radius 2 is 1.82 bits per heavy atom. The summed E-state index contributed by atoms with van der Waals surface area (Å²) in [7, 11) is 0. The van der Waals surface area contributed by atoms with E-state index >= 15 is 0 Å². The summed E-state index contributed by atoms with van der Waals surface area (Å²) in [5.41, 5.74) is 4.31. The predicted molar refractivity (Wildman–Crippen MR) is 111 cm³/mol. The molecule has 0 aromatic heterocycles. The monoisotopic (exact) mass is 381 g/mol. The summed E-state index contributed by atoms with van der Waals surface area (Å²) in [5, 5.41) is 0. The van der Waals surface area contributed by atoms with Crippen LogP contribution in [-0.4, -0.2) is 24.1 Å². The number of benzene rings is 1. The van der Waals surface area contributed by atoms with Gasteiger partial charge in [-0.15, -0.1) is 0 Å². The fourth-order valence-corrected chi connectivity index (χ4v) is 4.42. The average Bonchev–Trinajstić information content (AvgIpc) is 2.64. The fourth-order valence-electron chi connectivity index (χ4n) is 4.42. The van der Waals surface area contributed by atoms with Crippen molar-refractivity contribution < 1.29 is 14.3 Å². The molecule has 2 atom stereocenters. The molecule has 0 bridgehead atoms. The van der Waals surface area contributed by atoms with E-state index in [9.17, 15) is 9.59 Å². The molecule has 3 rings (SSSR count). The van der Waals surface area contributed by atoms with Gasteiger partial charge in [-0.25, -0.2) is 4.79 Å². The number of aliphatic imine (C=N–C) groups is 1. The predicted octanol–water partition coefficient (Wildman–Crippen LogP) is 5.16. The van der Waals surface area contributed by atoms with Crippen LogP contribution in [-0.2, 0) is 14.3 Å². The molecule has 1 heterocycles. The van der Waals surface area contributed by atoms with Crippen LogP contribution in [0, 0.1) is 18.3 Å². The number of esters is 1. The van der Waals surface area contributed by atoms with Crippen molar-refractivity contribution in [2.45, 2.75) is 66.2 Å². The first-order valence-electron chi connectivity index (χ1n) is 10.3. The van der Waals surface area contributed by atoms with Crippen LogP contribution in [0.1, 0.15) is 70.4 Å². The van der Waals surface area contributed by atoms with Crippen LogP contribution in [0.3, 0.4) is 0 Å². The zero-order chi connectivity index (χ0) is 20.5. The van der Waals surface area contributed by atoms with Gasteiger partial charge >= 0.3 is 5.97 Å². The van der Waals surface area contributed by atoms with Gasteiger partial charge in [0, 0.05) is 18.1 Å². The van der Waals surface area contributed by atoms with Crippen LogP contribution < -0.4 is 0 Å². The largest absolute Gasteiger partial charge is 0.462 e. The van der Waals surface area contributed by atoms with E-state index in [1.54, 1.807) is 0 Å². The van der Waals surface area contributed by atoms with E-state index < -0.39 is 0 Å². The van der Waals surface area contributed by atoms with E-state index in [2.05, 4.69) is 13.8 Å². The van der Waals surface area contributed by atoms with Crippen LogP contribution in [0.2, 0.25) is 0 Å². The number of rotatable bonds is 5. The third kappa shape index (κ3) is 3.96. The van der Waals surface area contributed by atoms with Gasteiger partial charge < -0.3 is 4.74 Å². The van der Waals surface area contributed by atoms with Gasteiger partial charge in [-0.1, -0.05) is 57.5 Å². The van der Waals surface area contributed by atoms with Crippen LogP contribution in [0.5, 0.6) is 0 Å². The molecule has 1 aromatic carbocycles. The maximum atomic E-state index is 13.2. The van der Waals surface area contributed by atoms with Gasteiger partial charge in [0.1, 0.15) is 5.78 Å². The molecule has 0 amide bonds. The molecular weight excluding hydrogens is 350 g/mol. The molecule has 1 aliphatic carbocycles. The molecule has 0 radical (unpaired) electrons. The normalized spacial score (nSPS) is 23.9. The molecule has 1 aromatic rings. The highest BCUT2D eigenvalue weighted by molar-refractivity contribution is 6.12. The average molecular weight is 382 g/mol. The van der Waals surface area contributed by atoms with Gasteiger partial charge in [0.25, 0.3) is 0 Å². The summed E-state index contributed by atoms with van der Waals surface area (Å²) in [6.45, 7) is 10.6. The van der Waals surface area contributed by atoms with Gasteiger partial charge in [-0.2, -0.15) is 0 Å². The van der Waals surface area contributed by atoms with E-state index in [1.807, 2.05) is 45.0 Å². The van der Waals surface area contributed by atoms with Crippen LogP contribution in [0.4, 0.5) is 0 Å². The Hall–Kier alpha value is -2.23. The number of hydrogen-bond donors (Lipinski definition) is 0. The number of Topliss-reactive ketones (excluding diaryl/α,β-unsaturated/α-hetero) is 1. The van der Waals surface area contributed by atoms with E-state index in [-0.39, 0.29) is 29.0 Å². The zero-order valence-corrected chi connectivity index (χ0v) is 17.7. The summed E-state index contributed by atoms with van der Waals surface area (Å²) in [4.78, 5) is 31.1. The number of carbonyl (C=O) groups excluding carboxylic acids is 2. The van der Waals surface area contributed by atoms with Crippen molar-refractivity contribution in [3.05, 3.63) is 46.7 Å². The highest BCUT2D eigenvalue weighted by Gasteiger charge is 2.47. The van der Waals surface area contributed by atoms with Crippen molar-refractivity contribution in [1.29, 1.82) is 0 Å². The molecule has 0 spiro atoms. The number of allylic oxidation sites excluding steroid dienone is 1. The minimum absolute atomic E-state index is 0.0939. The smallest absolute Gasteiger partial charge is 0.336 e. The summed E-state index contributed by atoms with van der Waals surface area (Å²) in [6, 6.07) is 8.16. The van der Waals surface area contributed by atoms with E-state index in [4.69, 9.17) is 9.73 Å². The van der Waals surface area contributed by atoms with Crippen LogP contribution >= 0.6 is 0 Å². The highest BCUT2D eigenvalue weighted by atomic mass is 16.5. The van der Waals surface area contributed by atoms with Crippen molar-refractivity contribution in [3.8, 4) is 0 Å². The Morgan fingerprint density at radius 3 is 2.43 bits per heavy atom. The summed E-state index contributed by atoms with van der Waals surface area (Å²) >= 11 is 0. The molecule has 0 saturated heterocycles. The molecule has 4 heteroatoms. The Kier molecular flexibility index (Phi) is 5.87. The minimum Gasteiger partial charge on any atom is -0.462 e. The quantitative estimate of drug-likeness (QED) is 0.662. The number of nitrogens with zero attached hydrogens (tertiary/aromatic N) is 1. The summed E-state index contributed by atoms with van der Waals surface area (Å²) < 4.78 is 5.52. The first-order valence-corrected chi connectivity index (χ1v) is 10.3. The number of ketones is 1. The maximum absolute atomic E-state index is 13.2. The molecule has 1 aliphatic heterocycles. The Balaban J connectivity index is 2.16. The van der Waals surface area contributed by atoms with Crippen molar-refractivity contribution in [2.24, 2.45) is 16.3 Å². The second-order valence-electron chi connectivity index (χ2n) is 8.80.